The molecule has 1 unspecified atom stereocenters. The van der Waals surface area contributed by atoms with E-state index in [1.54, 1.807) is 0 Å². The molecule has 0 saturated heterocycles. The molecule has 2 aromatic rings. The van der Waals surface area contributed by atoms with Gasteiger partial charge in [-0.15, -0.1) is 0 Å². The zero-order valence-electron chi connectivity index (χ0n) is 23.0. The third-order valence-corrected chi connectivity index (χ3v) is 9.32. The van der Waals surface area contributed by atoms with Gasteiger partial charge in [-0.05, 0) is 43.2 Å². The lowest BCUT2D eigenvalue weighted by Crippen LogP contribution is -2.33. The second kappa shape index (κ2) is 12.3. The van der Waals surface area contributed by atoms with Gasteiger partial charge in [-0.25, -0.2) is 4.79 Å². The Balaban J connectivity index is 0.000000448. The molecule has 216 valence electrons. The van der Waals surface area contributed by atoms with Gasteiger partial charge in [0.25, 0.3) is 0 Å². The molecule has 2 aromatic heterocycles. The van der Waals surface area contributed by atoms with Crippen LogP contribution < -0.4 is 4.90 Å². The molecule has 3 heterocycles. The van der Waals surface area contributed by atoms with Gasteiger partial charge < -0.3 is 19.7 Å². The normalized spacial score (nSPS) is 18.8. The van der Waals surface area contributed by atoms with E-state index in [2.05, 4.69) is 46.5 Å². The van der Waals surface area contributed by atoms with E-state index in [4.69, 9.17) is 24.7 Å². The fraction of sp³-hybridized carbons (Fsp3) is 0.667. The number of nitrogens with zero attached hydrogens (tertiary/aromatic N) is 4. The van der Waals surface area contributed by atoms with Gasteiger partial charge in [0, 0.05) is 38.2 Å². The van der Waals surface area contributed by atoms with E-state index < -0.39 is 20.2 Å². The molecule has 0 radical (unpaired) electrons. The van der Waals surface area contributed by atoms with Crippen molar-refractivity contribution in [2.75, 3.05) is 24.9 Å². The molecule has 0 amide bonds. The predicted octanol–water partition coefficient (Wildman–Crippen LogP) is 6.30. The molecular formula is C27H40F3N5O3Si. The number of ether oxygens (including phenoxy) is 1. The van der Waals surface area contributed by atoms with Crippen molar-refractivity contribution < 1.29 is 27.8 Å². The molecular weight excluding hydrogens is 527 g/mol. The zero-order chi connectivity index (χ0) is 28.2. The van der Waals surface area contributed by atoms with Crippen molar-refractivity contribution in [1.82, 2.24) is 14.8 Å². The Morgan fingerprint density at radius 3 is 2.54 bits per heavy atom. The lowest BCUT2D eigenvalue weighted by Gasteiger charge is -2.27. The maximum absolute atomic E-state index is 10.6. The molecule has 39 heavy (non-hydrogen) atoms. The number of aromatic amines is 1. The van der Waals surface area contributed by atoms with Gasteiger partial charge in [0.15, 0.2) is 0 Å². The third kappa shape index (κ3) is 8.20. The molecule has 2 saturated carbocycles. The Bertz CT molecular complexity index is 1130. The van der Waals surface area contributed by atoms with E-state index in [0.29, 0.717) is 19.4 Å². The van der Waals surface area contributed by atoms with Crippen LogP contribution in [0.4, 0.5) is 19.0 Å². The van der Waals surface area contributed by atoms with Crippen LogP contribution in [0.25, 0.3) is 0 Å². The van der Waals surface area contributed by atoms with Gasteiger partial charge >= 0.3 is 12.1 Å². The van der Waals surface area contributed by atoms with Crippen LogP contribution in [0, 0.1) is 11.8 Å². The summed E-state index contributed by atoms with van der Waals surface area (Å²) in [6.07, 6.45) is 10.8. The highest BCUT2D eigenvalue weighted by Gasteiger charge is 2.38. The first-order chi connectivity index (χ1) is 18.4. The summed E-state index contributed by atoms with van der Waals surface area (Å²) in [6, 6.07) is 3.89. The molecule has 12 heteroatoms. The predicted molar refractivity (Wildman–Crippen MR) is 147 cm³/mol. The molecule has 2 N–H and O–H groups in total. The molecule has 0 spiro atoms. The third-order valence-electron chi connectivity index (χ3n) is 7.61. The first-order valence-electron chi connectivity index (χ1n) is 13.8. The van der Waals surface area contributed by atoms with E-state index in [0.717, 1.165) is 41.1 Å². The van der Waals surface area contributed by atoms with Gasteiger partial charge in [0.1, 0.15) is 19.2 Å². The second-order valence-corrected chi connectivity index (χ2v) is 17.7. The van der Waals surface area contributed by atoms with Crippen LogP contribution in [-0.2, 0) is 9.53 Å². The van der Waals surface area contributed by atoms with Gasteiger partial charge in [-0.1, -0.05) is 45.3 Å². The van der Waals surface area contributed by atoms with Crippen molar-refractivity contribution in [3.05, 3.63) is 35.8 Å². The summed E-state index contributed by atoms with van der Waals surface area (Å²) < 4.78 is 40.0. The van der Waals surface area contributed by atoms with Crippen molar-refractivity contribution in [3.63, 3.8) is 0 Å². The van der Waals surface area contributed by atoms with Gasteiger partial charge in [0.05, 0.1) is 18.0 Å². The topological polar surface area (TPSA) is 95.7 Å². The largest absolute Gasteiger partial charge is 0.490 e. The Morgan fingerprint density at radius 2 is 1.92 bits per heavy atom. The number of carbonyl (C=O) groups is 1. The molecule has 1 aliphatic heterocycles. The lowest BCUT2D eigenvalue weighted by atomic mass is 9.93. The molecule has 0 bridgehead atoms. The number of H-pyrrole nitrogens is 1. The summed E-state index contributed by atoms with van der Waals surface area (Å²) in [4.78, 5) is 19.5. The smallest absolute Gasteiger partial charge is 0.475 e. The number of alkyl halides is 3. The quantitative estimate of drug-likeness (QED) is 0.259. The molecule has 8 nitrogen and oxygen atoms in total. The average Bonchev–Trinajstić information content (AvgIpc) is 3.29. The molecule has 5 rings (SSSR count). The van der Waals surface area contributed by atoms with Crippen LogP contribution in [0.2, 0.25) is 25.7 Å². The highest BCUT2D eigenvalue weighted by atomic mass is 28.3. The van der Waals surface area contributed by atoms with Crippen LogP contribution in [0.1, 0.15) is 62.1 Å². The Morgan fingerprint density at radius 1 is 1.23 bits per heavy atom. The van der Waals surface area contributed by atoms with E-state index in [-0.39, 0.29) is 0 Å². The number of halogens is 3. The summed E-state index contributed by atoms with van der Waals surface area (Å²) in [5, 5.41) is 12.0. The minimum absolute atomic E-state index is 0.560. The van der Waals surface area contributed by atoms with Gasteiger partial charge in [0.2, 0.25) is 0 Å². The zero-order valence-corrected chi connectivity index (χ0v) is 24.0. The molecule has 3 aliphatic rings. The summed E-state index contributed by atoms with van der Waals surface area (Å²) in [6.45, 7) is 9.19. The monoisotopic (exact) mass is 567 g/mol. The number of nitrogens with one attached hydrogen (secondary N) is 1. The van der Waals surface area contributed by atoms with E-state index >= 15 is 0 Å². The summed E-state index contributed by atoms with van der Waals surface area (Å²) in [5.41, 5.74) is 3.36. The van der Waals surface area contributed by atoms with Crippen molar-refractivity contribution in [1.29, 1.82) is 0 Å². The molecule has 1 atom stereocenters. The highest BCUT2D eigenvalue weighted by Crippen LogP contribution is 2.44. The van der Waals surface area contributed by atoms with Crippen LogP contribution >= 0.6 is 0 Å². The SMILES string of the molecule is C[Si](C)(C)CCOCN1CN=C(c2cnn(C(CC3CC3)C3CCCC3)c2)c2cc[nH]c21.O=C(O)C(F)(F)F. The number of carboxylic acid groups (broad SMARTS) is 1. The number of aliphatic carboxylic acids is 1. The van der Waals surface area contributed by atoms with Crippen molar-refractivity contribution in [3.8, 4) is 0 Å². The number of aromatic nitrogens is 3. The number of rotatable bonds is 10. The number of carboxylic acids is 1. The summed E-state index contributed by atoms with van der Waals surface area (Å²) >= 11 is 0. The number of hydrogen-bond donors (Lipinski definition) is 2. The molecule has 2 aliphatic carbocycles. The van der Waals surface area contributed by atoms with Crippen LogP contribution in [0.5, 0.6) is 0 Å². The van der Waals surface area contributed by atoms with Crippen LogP contribution in [-0.4, -0.2) is 65.8 Å². The number of hydrogen-bond acceptors (Lipinski definition) is 5. The minimum atomic E-state index is -5.08. The Kier molecular flexibility index (Phi) is 9.25. The Labute approximate surface area is 228 Å². The number of anilines is 1. The Hall–Kier alpha value is -2.60. The van der Waals surface area contributed by atoms with Crippen molar-refractivity contribution in [2.24, 2.45) is 16.8 Å². The fourth-order valence-corrected chi connectivity index (χ4v) is 5.98. The maximum Gasteiger partial charge on any atom is 0.490 e. The van der Waals surface area contributed by atoms with Crippen LogP contribution in [0.3, 0.4) is 0 Å². The van der Waals surface area contributed by atoms with E-state index in [9.17, 15) is 13.2 Å². The first kappa shape index (κ1) is 29.4. The van der Waals surface area contributed by atoms with Crippen LogP contribution in [0.15, 0.2) is 29.6 Å². The van der Waals surface area contributed by atoms with Gasteiger partial charge in [-0.3, -0.25) is 9.67 Å². The minimum Gasteiger partial charge on any atom is -0.475 e. The van der Waals surface area contributed by atoms with Crippen molar-refractivity contribution >= 4 is 25.6 Å². The second-order valence-electron chi connectivity index (χ2n) is 12.1. The van der Waals surface area contributed by atoms with Gasteiger partial charge in [-0.2, -0.15) is 18.3 Å². The number of aliphatic imine (C=N–C) groups is 1. The maximum atomic E-state index is 10.6. The van der Waals surface area contributed by atoms with E-state index in [1.165, 1.54) is 51.0 Å². The summed E-state index contributed by atoms with van der Waals surface area (Å²) in [7, 11) is -1.07. The molecule has 2 fully saturated rings. The molecule has 0 aromatic carbocycles. The number of fused-ring (bicyclic) bond motifs is 1. The first-order valence-corrected chi connectivity index (χ1v) is 17.5. The lowest BCUT2D eigenvalue weighted by molar-refractivity contribution is -0.192. The standard InChI is InChI=1S/C25H39N5OSi.C2HF3O2/c1-32(2,3)13-12-31-18-29-17-27-24(22-10-11-26-25(22)29)21-15-28-30(16-21)23(14-19-8-9-19)20-6-4-5-7-20;3-2(4,5)1(6)7/h10-11,15-16,19-20,23,26H,4-9,12-14,17-18H2,1-3H3;(H,6,7). The fourth-order valence-electron chi connectivity index (χ4n) is 5.23. The summed E-state index contributed by atoms with van der Waals surface area (Å²) in [5.74, 6) is 0.0721. The van der Waals surface area contributed by atoms with Crippen molar-refractivity contribution in [2.45, 2.75) is 82.8 Å². The highest BCUT2D eigenvalue weighted by molar-refractivity contribution is 6.76. The van der Waals surface area contributed by atoms with E-state index in [1.807, 2.05) is 12.4 Å². The average molecular weight is 568 g/mol.